The fourth-order valence-corrected chi connectivity index (χ4v) is 1.45. The Kier molecular flexibility index (Phi) is 5.00. The molecule has 2 amide bonds. The van der Waals surface area contributed by atoms with Crippen LogP contribution in [0.2, 0.25) is 0 Å². The molecule has 0 unspecified atom stereocenters. The van der Waals surface area contributed by atoms with Crippen molar-refractivity contribution in [3.8, 4) is 0 Å². The van der Waals surface area contributed by atoms with E-state index in [1.807, 2.05) is 37.3 Å². The zero-order valence-electron chi connectivity index (χ0n) is 9.94. The zero-order chi connectivity index (χ0) is 12.7. The maximum atomic E-state index is 11.9. The molecule has 1 rings (SSSR count). The van der Waals surface area contributed by atoms with Gasteiger partial charge >= 0.3 is 6.03 Å². The first-order valence-corrected chi connectivity index (χ1v) is 5.57. The molecule has 1 aromatic rings. The molecule has 5 heteroatoms. The van der Waals surface area contributed by atoms with Gasteiger partial charge in [-0.3, -0.25) is 5.41 Å². The van der Waals surface area contributed by atoms with Gasteiger partial charge in [0.15, 0.2) is 0 Å². The number of amidine groups is 1. The predicted octanol–water partition coefficient (Wildman–Crippen LogP) is 1.87. The molecule has 92 valence electrons. The molecular formula is C12H18N4O. The molecular weight excluding hydrogens is 216 g/mol. The predicted molar refractivity (Wildman–Crippen MR) is 69.2 cm³/mol. The molecule has 0 atom stereocenters. The summed E-state index contributed by atoms with van der Waals surface area (Å²) in [6.07, 6.45) is 0.829. The van der Waals surface area contributed by atoms with E-state index < -0.39 is 0 Å². The van der Waals surface area contributed by atoms with E-state index in [1.165, 1.54) is 4.90 Å². The average Bonchev–Trinajstić information content (AvgIpc) is 2.29. The van der Waals surface area contributed by atoms with Crippen LogP contribution in [0, 0.1) is 5.41 Å². The van der Waals surface area contributed by atoms with E-state index in [0.717, 1.165) is 12.1 Å². The fraction of sp³-hybridized carbons (Fsp3) is 0.333. The molecule has 0 spiro atoms. The number of nitrogens with two attached hydrogens (primary N) is 1. The van der Waals surface area contributed by atoms with Gasteiger partial charge in [0.25, 0.3) is 0 Å². The molecule has 0 saturated carbocycles. The first-order chi connectivity index (χ1) is 8.13. The van der Waals surface area contributed by atoms with E-state index >= 15 is 0 Å². The van der Waals surface area contributed by atoms with E-state index in [0.29, 0.717) is 6.54 Å². The number of urea groups is 1. The SMILES string of the molecule is CCCN(CC(=N)N)C(=O)Nc1ccccc1. The summed E-state index contributed by atoms with van der Waals surface area (Å²) >= 11 is 0. The number of amides is 2. The molecule has 0 aromatic heterocycles. The van der Waals surface area contributed by atoms with Crippen molar-refractivity contribution < 1.29 is 4.79 Å². The monoisotopic (exact) mass is 234 g/mol. The third-order valence-corrected chi connectivity index (χ3v) is 2.17. The second-order valence-corrected chi connectivity index (χ2v) is 3.74. The highest BCUT2D eigenvalue weighted by Crippen LogP contribution is 2.06. The zero-order valence-corrected chi connectivity index (χ0v) is 9.94. The van der Waals surface area contributed by atoms with Gasteiger partial charge in [0.1, 0.15) is 5.84 Å². The van der Waals surface area contributed by atoms with Gasteiger partial charge in [0.2, 0.25) is 0 Å². The lowest BCUT2D eigenvalue weighted by molar-refractivity contribution is 0.218. The summed E-state index contributed by atoms with van der Waals surface area (Å²) in [6.45, 7) is 2.72. The molecule has 0 saturated heterocycles. The molecule has 0 heterocycles. The minimum absolute atomic E-state index is 0.0124. The lowest BCUT2D eigenvalue weighted by Crippen LogP contribution is -2.41. The van der Waals surface area contributed by atoms with E-state index in [1.54, 1.807) is 0 Å². The molecule has 4 N–H and O–H groups in total. The van der Waals surface area contributed by atoms with Crippen LogP contribution in [0.4, 0.5) is 10.5 Å². The molecule has 17 heavy (non-hydrogen) atoms. The summed E-state index contributed by atoms with van der Waals surface area (Å²) in [4.78, 5) is 13.4. The Morgan fingerprint density at radius 3 is 2.59 bits per heavy atom. The maximum absolute atomic E-state index is 11.9. The van der Waals surface area contributed by atoms with Gasteiger partial charge in [-0.05, 0) is 18.6 Å². The summed E-state index contributed by atoms with van der Waals surface area (Å²) in [5.74, 6) is -0.0124. The van der Waals surface area contributed by atoms with Crippen LogP contribution in [0.1, 0.15) is 13.3 Å². The fourth-order valence-electron chi connectivity index (χ4n) is 1.45. The van der Waals surface area contributed by atoms with Gasteiger partial charge in [-0.15, -0.1) is 0 Å². The number of rotatable bonds is 5. The Morgan fingerprint density at radius 1 is 1.41 bits per heavy atom. The molecule has 0 aliphatic carbocycles. The van der Waals surface area contributed by atoms with Crippen molar-refractivity contribution >= 4 is 17.6 Å². The van der Waals surface area contributed by atoms with E-state index in [4.69, 9.17) is 11.1 Å². The summed E-state index contributed by atoms with van der Waals surface area (Å²) in [5, 5.41) is 10.00. The van der Waals surface area contributed by atoms with Crippen LogP contribution in [0.15, 0.2) is 30.3 Å². The van der Waals surface area contributed by atoms with Crippen LogP contribution in [-0.2, 0) is 0 Å². The van der Waals surface area contributed by atoms with Crippen molar-refractivity contribution in [2.75, 3.05) is 18.4 Å². The van der Waals surface area contributed by atoms with Crippen LogP contribution < -0.4 is 11.1 Å². The van der Waals surface area contributed by atoms with E-state index in [9.17, 15) is 4.79 Å². The van der Waals surface area contributed by atoms with Crippen molar-refractivity contribution in [3.05, 3.63) is 30.3 Å². The minimum Gasteiger partial charge on any atom is -0.386 e. The van der Waals surface area contributed by atoms with Crippen LogP contribution in [0.5, 0.6) is 0 Å². The molecule has 0 radical (unpaired) electrons. The van der Waals surface area contributed by atoms with Gasteiger partial charge in [0, 0.05) is 12.2 Å². The Hall–Kier alpha value is -2.04. The largest absolute Gasteiger partial charge is 0.386 e. The number of carbonyl (C=O) groups is 1. The highest BCUT2D eigenvalue weighted by Gasteiger charge is 2.13. The van der Waals surface area contributed by atoms with Crippen molar-refractivity contribution in [3.63, 3.8) is 0 Å². The quantitative estimate of drug-likeness (QED) is 0.537. The van der Waals surface area contributed by atoms with E-state index in [-0.39, 0.29) is 18.4 Å². The van der Waals surface area contributed by atoms with Crippen molar-refractivity contribution in [1.29, 1.82) is 5.41 Å². The first kappa shape index (κ1) is 13.0. The number of carbonyl (C=O) groups excluding carboxylic acids is 1. The molecule has 0 aliphatic rings. The number of hydrogen-bond acceptors (Lipinski definition) is 2. The smallest absolute Gasteiger partial charge is 0.322 e. The third-order valence-electron chi connectivity index (χ3n) is 2.17. The second kappa shape index (κ2) is 6.52. The molecule has 5 nitrogen and oxygen atoms in total. The Labute approximate surface area is 101 Å². The van der Waals surface area contributed by atoms with Gasteiger partial charge in [-0.2, -0.15) is 0 Å². The Balaban J connectivity index is 2.62. The highest BCUT2D eigenvalue weighted by molar-refractivity contribution is 5.92. The summed E-state index contributed by atoms with van der Waals surface area (Å²) in [7, 11) is 0. The molecule has 1 aromatic carbocycles. The first-order valence-electron chi connectivity index (χ1n) is 5.57. The topological polar surface area (TPSA) is 82.2 Å². The van der Waals surface area contributed by atoms with Gasteiger partial charge in [0.05, 0.1) is 6.54 Å². The van der Waals surface area contributed by atoms with Crippen LogP contribution in [-0.4, -0.2) is 29.9 Å². The lowest BCUT2D eigenvalue weighted by Gasteiger charge is -2.21. The van der Waals surface area contributed by atoms with Gasteiger partial charge < -0.3 is 16.0 Å². The van der Waals surface area contributed by atoms with Crippen LogP contribution in [0.25, 0.3) is 0 Å². The second-order valence-electron chi connectivity index (χ2n) is 3.74. The van der Waals surface area contributed by atoms with Crippen molar-refractivity contribution in [2.45, 2.75) is 13.3 Å². The number of anilines is 1. The van der Waals surface area contributed by atoms with Crippen LogP contribution in [0.3, 0.4) is 0 Å². The minimum atomic E-state index is -0.228. The number of para-hydroxylation sites is 1. The van der Waals surface area contributed by atoms with Gasteiger partial charge in [-0.1, -0.05) is 25.1 Å². The summed E-state index contributed by atoms with van der Waals surface area (Å²) in [6, 6.07) is 8.99. The third kappa shape index (κ3) is 4.55. The summed E-state index contributed by atoms with van der Waals surface area (Å²) < 4.78 is 0. The average molecular weight is 234 g/mol. The van der Waals surface area contributed by atoms with Gasteiger partial charge in [-0.25, -0.2) is 4.79 Å². The van der Waals surface area contributed by atoms with Crippen LogP contribution >= 0.6 is 0 Å². The molecule has 0 bridgehead atoms. The maximum Gasteiger partial charge on any atom is 0.322 e. The molecule has 0 fully saturated rings. The lowest BCUT2D eigenvalue weighted by atomic mass is 10.3. The highest BCUT2D eigenvalue weighted by atomic mass is 16.2. The summed E-state index contributed by atoms with van der Waals surface area (Å²) in [5.41, 5.74) is 6.05. The number of nitrogens with zero attached hydrogens (tertiary/aromatic N) is 1. The normalized spacial score (nSPS) is 9.71. The standard InChI is InChI=1S/C12H18N4O/c1-2-8-16(9-11(13)14)12(17)15-10-6-4-3-5-7-10/h3-7H,2,8-9H2,1H3,(H3,13,14)(H,15,17). The Morgan fingerprint density at radius 2 is 2.06 bits per heavy atom. The van der Waals surface area contributed by atoms with E-state index in [2.05, 4.69) is 5.32 Å². The Bertz CT molecular complexity index is 377. The van der Waals surface area contributed by atoms with Crippen molar-refractivity contribution in [2.24, 2.45) is 5.73 Å². The number of nitrogens with one attached hydrogen (secondary N) is 2. The number of benzene rings is 1. The molecule has 0 aliphatic heterocycles. The number of hydrogen-bond donors (Lipinski definition) is 3. The van der Waals surface area contributed by atoms with Crippen molar-refractivity contribution in [1.82, 2.24) is 4.90 Å².